The standard InChI is InChI=1S/C20H22N4O2/c1-23-19(14-9-6-10-15(11-14)20(26)24-2)17(16(21)12-25)18(22)13-7-4-3-5-8-13/h3-12,19,22-23H,21H2,1-2H3,(H,24,26)/b17-16+,22-18?. The summed E-state index contributed by atoms with van der Waals surface area (Å²) in [5, 5.41) is 14.2. The molecule has 0 saturated heterocycles. The Morgan fingerprint density at radius 1 is 1.08 bits per heavy atom. The van der Waals surface area contributed by atoms with E-state index >= 15 is 0 Å². The van der Waals surface area contributed by atoms with E-state index in [9.17, 15) is 9.59 Å². The number of carbonyl (C=O) groups is 2. The Morgan fingerprint density at radius 3 is 2.31 bits per heavy atom. The molecule has 0 aliphatic rings. The van der Waals surface area contributed by atoms with E-state index in [0.717, 1.165) is 5.56 Å². The molecule has 0 heterocycles. The fraction of sp³-hybridized carbons (Fsp3) is 0.150. The summed E-state index contributed by atoms with van der Waals surface area (Å²) in [6.07, 6.45) is 0.541. The molecular weight excluding hydrogens is 328 g/mol. The summed E-state index contributed by atoms with van der Waals surface area (Å²) >= 11 is 0. The summed E-state index contributed by atoms with van der Waals surface area (Å²) in [4.78, 5) is 23.3. The van der Waals surface area contributed by atoms with E-state index in [0.29, 0.717) is 23.0 Å². The largest absolute Gasteiger partial charge is 0.396 e. The highest BCUT2D eigenvalue weighted by Crippen LogP contribution is 2.26. The van der Waals surface area contributed by atoms with Crippen LogP contribution in [-0.4, -0.2) is 32.0 Å². The molecule has 1 unspecified atom stereocenters. The number of likely N-dealkylation sites (N-methyl/N-ethyl adjacent to an activating group) is 1. The number of allylic oxidation sites excluding steroid dienone is 1. The first-order chi connectivity index (χ1) is 12.5. The smallest absolute Gasteiger partial charge is 0.251 e. The molecule has 6 nitrogen and oxygen atoms in total. The van der Waals surface area contributed by atoms with E-state index in [1.54, 1.807) is 44.4 Å². The molecule has 0 aromatic heterocycles. The molecule has 2 aromatic rings. The first-order valence-corrected chi connectivity index (χ1v) is 8.12. The second kappa shape index (κ2) is 8.73. The number of benzene rings is 2. The van der Waals surface area contributed by atoms with Gasteiger partial charge in [-0.15, -0.1) is 0 Å². The zero-order chi connectivity index (χ0) is 19.1. The van der Waals surface area contributed by atoms with Crippen molar-refractivity contribution in [3.8, 4) is 0 Å². The van der Waals surface area contributed by atoms with Crippen molar-refractivity contribution in [2.45, 2.75) is 6.04 Å². The first kappa shape index (κ1) is 19.1. The average Bonchev–Trinajstić information content (AvgIpc) is 2.71. The molecule has 0 spiro atoms. The molecule has 134 valence electrons. The van der Waals surface area contributed by atoms with Crippen LogP contribution in [0.3, 0.4) is 0 Å². The lowest BCUT2D eigenvalue weighted by Gasteiger charge is -2.23. The zero-order valence-electron chi connectivity index (χ0n) is 14.7. The van der Waals surface area contributed by atoms with Gasteiger partial charge in [0, 0.05) is 18.2 Å². The molecule has 1 atom stereocenters. The molecule has 1 amide bonds. The van der Waals surface area contributed by atoms with Crippen LogP contribution in [0.4, 0.5) is 0 Å². The van der Waals surface area contributed by atoms with Gasteiger partial charge >= 0.3 is 0 Å². The van der Waals surface area contributed by atoms with Gasteiger partial charge in [-0.1, -0.05) is 42.5 Å². The highest BCUT2D eigenvalue weighted by Gasteiger charge is 2.23. The van der Waals surface area contributed by atoms with Crippen molar-refractivity contribution in [2.24, 2.45) is 5.73 Å². The summed E-state index contributed by atoms with van der Waals surface area (Å²) in [6, 6.07) is 15.5. The third-order valence-electron chi connectivity index (χ3n) is 4.06. The summed E-state index contributed by atoms with van der Waals surface area (Å²) in [7, 11) is 3.28. The molecule has 0 saturated carbocycles. The van der Waals surface area contributed by atoms with Gasteiger partial charge in [0.05, 0.1) is 17.5 Å². The number of hydrogen-bond donors (Lipinski definition) is 4. The molecule has 0 bridgehead atoms. The van der Waals surface area contributed by atoms with Crippen LogP contribution in [0.5, 0.6) is 0 Å². The van der Waals surface area contributed by atoms with Gasteiger partial charge < -0.3 is 16.4 Å². The van der Waals surface area contributed by atoms with E-state index in [2.05, 4.69) is 10.6 Å². The van der Waals surface area contributed by atoms with Crippen LogP contribution in [0.1, 0.15) is 27.5 Å². The third kappa shape index (κ3) is 4.04. The molecular formula is C20H22N4O2. The molecule has 5 N–H and O–H groups in total. The van der Waals surface area contributed by atoms with Crippen molar-refractivity contribution in [2.75, 3.05) is 14.1 Å². The van der Waals surface area contributed by atoms with Crippen LogP contribution in [0, 0.1) is 5.41 Å². The predicted octanol–water partition coefficient (Wildman–Crippen LogP) is 1.79. The van der Waals surface area contributed by atoms with Crippen LogP contribution < -0.4 is 16.4 Å². The van der Waals surface area contributed by atoms with E-state index in [1.165, 1.54) is 0 Å². The van der Waals surface area contributed by atoms with Crippen molar-refractivity contribution in [3.05, 3.63) is 82.6 Å². The Morgan fingerprint density at radius 2 is 1.73 bits per heavy atom. The number of carbonyl (C=O) groups excluding carboxylic acids is 2. The molecule has 0 aliphatic carbocycles. The Labute approximate surface area is 152 Å². The molecule has 2 rings (SSSR count). The average molecular weight is 350 g/mol. The summed E-state index contributed by atoms with van der Waals surface area (Å²) in [6.45, 7) is 0. The van der Waals surface area contributed by atoms with Gasteiger partial charge in [0.25, 0.3) is 5.91 Å². The van der Waals surface area contributed by atoms with Gasteiger partial charge in [-0.3, -0.25) is 15.0 Å². The van der Waals surface area contributed by atoms with Crippen LogP contribution in [0.2, 0.25) is 0 Å². The van der Waals surface area contributed by atoms with E-state index in [-0.39, 0.29) is 17.3 Å². The molecule has 6 heteroatoms. The molecule has 0 fully saturated rings. The van der Waals surface area contributed by atoms with E-state index in [4.69, 9.17) is 11.1 Å². The summed E-state index contributed by atoms with van der Waals surface area (Å²) < 4.78 is 0. The van der Waals surface area contributed by atoms with Crippen LogP contribution in [-0.2, 0) is 4.79 Å². The Bertz CT molecular complexity index is 844. The molecule has 0 aliphatic heterocycles. The lowest BCUT2D eigenvalue weighted by Crippen LogP contribution is -2.27. The lowest BCUT2D eigenvalue weighted by atomic mass is 9.89. The van der Waals surface area contributed by atoms with Crippen molar-refractivity contribution in [1.29, 1.82) is 5.41 Å². The highest BCUT2D eigenvalue weighted by atomic mass is 16.1. The lowest BCUT2D eigenvalue weighted by molar-refractivity contribution is -0.105. The molecule has 26 heavy (non-hydrogen) atoms. The van der Waals surface area contributed by atoms with Crippen LogP contribution >= 0.6 is 0 Å². The SMILES string of the molecule is CNC(=O)c1cccc(C(NC)/C(C(=N)c2ccccc2)=C(/N)C=O)c1. The molecule has 0 radical (unpaired) electrons. The number of aldehydes is 1. The number of rotatable bonds is 7. The summed E-state index contributed by atoms with van der Waals surface area (Å²) in [5.41, 5.74) is 8.30. The Kier molecular flexibility index (Phi) is 6.41. The fourth-order valence-electron chi connectivity index (χ4n) is 2.76. The zero-order valence-corrected chi connectivity index (χ0v) is 14.7. The van der Waals surface area contributed by atoms with E-state index < -0.39 is 6.04 Å². The quantitative estimate of drug-likeness (QED) is 0.347. The van der Waals surface area contributed by atoms with Gasteiger partial charge in [0.1, 0.15) is 0 Å². The van der Waals surface area contributed by atoms with Crippen molar-refractivity contribution < 1.29 is 9.59 Å². The van der Waals surface area contributed by atoms with Crippen LogP contribution in [0.25, 0.3) is 0 Å². The van der Waals surface area contributed by atoms with Crippen molar-refractivity contribution in [3.63, 3.8) is 0 Å². The number of amides is 1. The van der Waals surface area contributed by atoms with E-state index in [1.807, 2.05) is 24.3 Å². The van der Waals surface area contributed by atoms with Gasteiger partial charge in [0.2, 0.25) is 0 Å². The monoisotopic (exact) mass is 350 g/mol. The Balaban J connectivity index is 2.55. The van der Waals surface area contributed by atoms with Crippen LogP contribution in [0.15, 0.2) is 65.9 Å². The number of hydrogen-bond acceptors (Lipinski definition) is 5. The van der Waals surface area contributed by atoms with Gasteiger partial charge in [-0.25, -0.2) is 0 Å². The van der Waals surface area contributed by atoms with Gasteiger partial charge in [-0.2, -0.15) is 0 Å². The fourth-order valence-corrected chi connectivity index (χ4v) is 2.76. The number of nitrogens with two attached hydrogens (primary N) is 1. The van der Waals surface area contributed by atoms with Crippen molar-refractivity contribution in [1.82, 2.24) is 10.6 Å². The second-order valence-corrected chi connectivity index (χ2v) is 5.65. The van der Waals surface area contributed by atoms with Gasteiger partial charge in [-0.05, 0) is 30.3 Å². The Hall–Kier alpha value is -3.25. The maximum atomic E-state index is 11.9. The molecule has 2 aromatic carbocycles. The number of nitrogens with one attached hydrogen (secondary N) is 3. The normalized spacial score (nSPS) is 12.7. The highest BCUT2D eigenvalue weighted by molar-refractivity contribution is 6.13. The first-order valence-electron chi connectivity index (χ1n) is 8.12. The third-order valence-corrected chi connectivity index (χ3v) is 4.06. The summed E-state index contributed by atoms with van der Waals surface area (Å²) in [5.74, 6) is -0.214. The minimum Gasteiger partial charge on any atom is -0.396 e. The minimum absolute atomic E-state index is 0.0245. The minimum atomic E-state index is -0.516. The maximum Gasteiger partial charge on any atom is 0.251 e. The topological polar surface area (TPSA) is 108 Å². The van der Waals surface area contributed by atoms with Gasteiger partial charge in [0.15, 0.2) is 6.29 Å². The second-order valence-electron chi connectivity index (χ2n) is 5.65. The maximum absolute atomic E-state index is 11.9. The predicted molar refractivity (Wildman–Crippen MR) is 102 cm³/mol. The van der Waals surface area contributed by atoms with Crippen molar-refractivity contribution >= 4 is 17.9 Å².